The van der Waals surface area contributed by atoms with Crippen LogP contribution in [0.5, 0.6) is 0 Å². The lowest BCUT2D eigenvalue weighted by atomic mass is 10.2. The zero-order chi connectivity index (χ0) is 10.4. The molecule has 4 heteroatoms. The van der Waals surface area contributed by atoms with Crippen LogP contribution in [0, 0.1) is 11.3 Å². The standard InChI is InChI=1S/C10H14N4/c1-14(6-4-11)8-9-3-2-5-13-10(9)7-12/h2-3,5H,4,6,8,11H2,1H3. The van der Waals surface area contributed by atoms with Gasteiger partial charge in [-0.1, -0.05) is 6.07 Å². The predicted molar refractivity (Wildman–Crippen MR) is 54.3 cm³/mol. The summed E-state index contributed by atoms with van der Waals surface area (Å²) in [6.07, 6.45) is 1.63. The number of nitrogens with two attached hydrogens (primary N) is 1. The quantitative estimate of drug-likeness (QED) is 0.743. The Kier molecular flexibility index (Phi) is 4.05. The fraction of sp³-hybridized carbons (Fsp3) is 0.400. The lowest BCUT2D eigenvalue weighted by Crippen LogP contribution is -2.25. The van der Waals surface area contributed by atoms with E-state index < -0.39 is 0 Å². The van der Waals surface area contributed by atoms with Crippen LogP contribution in [0.1, 0.15) is 11.3 Å². The van der Waals surface area contributed by atoms with E-state index in [1.165, 1.54) is 0 Å². The van der Waals surface area contributed by atoms with Crippen LogP contribution in [-0.4, -0.2) is 30.0 Å². The molecule has 0 spiro atoms. The molecule has 1 heterocycles. The second-order valence-electron chi connectivity index (χ2n) is 3.15. The summed E-state index contributed by atoms with van der Waals surface area (Å²) >= 11 is 0. The molecule has 0 aliphatic carbocycles. The molecular weight excluding hydrogens is 176 g/mol. The first kappa shape index (κ1) is 10.6. The summed E-state index contributed by atoms with van der Waals surface area (Å²) in [6, 6.07) is 5.83. The average molecular weight is 190 g/mol. The van der Waals surface area contributed by atoms with Gasteiger partial charge in [0.1, 0.15) is 11.8 Å². The van der Waals surface area contributed by atoms with Gasteiger partial charge in [0, 0.05) is 31.4 Å². The summed E-state index contributed by atoms with van der Waals surface area (Å²) in [5, 5.41) is 8.81. The number of nitriles is 1. The van der Waals surface area contributed by atoms with E-state index in [1.807, 2.05) is 19.2 Å². The molecule has 14 heavy (non-hydrogen) atoms. The molecule has 1 aromatic heterocycles. The number of likely N-dealkylation sites (N-methyl/N-ethyl adjacent to an activating group) is 1. The molecule has 0 saturated carbocycles. The highest BCUT2D eigenvalue weighted by molar-refractivity contribution is 5.30. The van der Waals surface area contributed by atoms with Gasteiger partial charge < -0.3 is 10.6 Å². The monoisotopic (exact) mass is 190 g/mol. The predicted octanol–water partition coefficient (Wildman–Crippen LogP) is 0.344. The number of pyridine rings is 1. The molecule has 0 radical (unpaired) electrons. The molecule has 0 unspecified atom stereocenters. The van der Waals surface area contributed by atoms with Gasteiger partial charge >= 0.3 is 0 Å². The molecule has 74 valence electrons. The highest BCUT2D eigenvalue weighted by atomic mass is 15.1. The summed E-state index contributed by atoms with van der Waals surface area (Å²) in [6.45, 7) is 2.16. The minimum absolute atomic E-state index is 0.497. The Balaban J connectivity index is 2.71. The lowest BCUT2D eigenvalue weighted by Gasteiger charge is -2.15. The van der Waals surface area contributed by atoms with Crippen molar-refractivity contribution in [3.05, 3.63) is 29.6 Å². The normalized spacial score (nSPS) is 10.1. The second kappa shape index (κ2) is 5.32. The molecule has 0 saturated heterocycles. The van der Waals surface area contributed by atoms with Crippen molar-refractivity contribution in [3.8, 4) is 6.07 Å². The van der Waals surface area contributed by atoms with Crippen molar-refractivity contribution in [1.29, 1.82) is 5.26 Å². The first-order chi connectivity index (χ1) is 6.77. The van der Waals surface area contributed by atoms with Gasteiger partial charge in [-0.15, -0.1) is 0 Å². The van der Waals surface area contributed by atoms with Crippen LogP contribution in [0.2, 0.25) is 0 Å². The Morgan fingerprint density at radius 1 is 1.64 bits per heavy atom. The van der Waals surface area contributed by atoms with E-state index in [2.05, 4.69) is 16.0 Å². The average Bonchev–Trinajstić information content (AvgIpc) is 2.19. The molecule has 0 aromatic carbocycles. The maximum Gasteiger partial charge on any atom is 0.144 e. The van der Waals surface area contributed by atoms with Crippen molar-refractivity contribution >= 4 is 0 Å². The smallest absolute Gasteiger partial charge is 0.144 e. The van der Waals surface area contributed by atoms with E-state index in [9.17, 15) is 0 Å². The van der Waals surface area contributed by atoms with Crippen LogP contribution in [0.15, 0.2) is 18.3 Å². The minimum atomic E-state index is 0.497. The number of nitrogens with zero attached hydrogens (tertiary/aromatic N) is 3. The Bertz CT molecular complexity index is 329. The molecule has 0 aliphatic heterocycles. The minimum Gasteiger partial charge on any atom is -0.329 e. The summed E-state index contributed by atoms with van der Waals surface area (Å²) < 4.78 is 0. The van der Waals surface area contributed by atoms with Crippen molar-refractivity contribution in [3.63, 3.8) is 0 Å². The van der Waals surface area contributed by atoms with Gasteiger partial charge in [-0.2, -0.15) is 5.26 Å². The van der Waals surface area contributed by atoms with Crippen molar-refractivity contribution in [2.45, 2.75) is 6.54 Å². The maximum atomic E-state index is 8.81. The third-order valence-electron chi connectivity index (χ3n) is 1.95. The van der Waals surface area contributed by atoms with E-state index in [4.69, 9.17) is 11.0 Å². The van der Waals surface area contributed by atoms with Gasteiger partial charge in [-0.25, -0.2) is 4.98 Å². The van der Waals surface area contributed by atoms with Gasteiger partial charge in [-0.3, -0.25) is 0 Å². The first-order valence-corrected chi connectivity index (χ1v) is 4.50. The molecule has 0 aliphatic rings. The van der Waals surface area contributed by atoms with Crippen LogP contribution in [0.3, 0.4) is 0 Å². The van der Waals surface area contributed by atoms with Gasteiger partial charge in [-0.05, 0) is 13.1 Å². The summed E-state index contributed by atoms with van der Waals surface area (Å²) in [4.78, 5) is 6.06. The Morgan fingerprint density at radius 3 is 3.07 bits per heavy atom. The van der Waals surface area contributed by atoms with Crippen LogP contribution in [0.25, 0.3) is 0 Å². The van der Waals surface area contributed by atoms with Crippen molar-refractivity contribution < 1.29 is 0 Å². The van der Waals surface area contributed by atoms with Crippen LogP contribution in [-0.2, 0) is 6.54 Å². The van der Waals surface area contributed by atoms with E-state index in [1.54, 1.807) is 6.20 Å². The Labute approximate surface area is 84.0 Å². The Hall–Kier alpha value is -1.44. The molecule has 2 N–H and O–H groups in total. The van der Waals surface area contributed by atoms with Crippen molar-refractivity contribution in [2.24, 2.45) is 5.73 Å². The molecule has 0 fully saturated rings. The SMILES string of the molecule is CN(CCN)Cc1cccnc1C#N. The van der Waals surface area contributed by atoms with Crippen LogP contribution < -0.4 is 5.73 Å². The van der Waals surface area contributed by atoms with Crippen molar-refractivity contribution in [1.82, 2.24) is 9.88 Å². The van der Waals surface area contributed by atoms with Crippen LogP contribution in [0.4, 0.5) is 0 Å². The lowest BCUT2D eigenvalue weighted by molar-refractivity contribution is 0.335. The summed E-state index contributed by atoms with van der Waals surface area (Å²) in [7, 11) is 1.97. The summed E-state index contributed by atoms with van der Waals surface area (Å²) in [5.74, 6) is 0. The molecule has 0 atom stereocenters. The maximum absolute atomic E-state index is 8.81. The highest BCUT2D eigenvalue weighted by Gasteiger charge is 2.04. The highest BCUT2D eigenvalue weighted by Crippen LogP contribution is 2.06. The molecule has 0 bridgehead atoms. The fourth-order valence-electron chi connectivity index (χ4n) is 1.26. The number of rotatable bonds is 4. The molecule has 4 nitrogen and oxygen atoms in total. The first-order valence-electron chi connectivity index (χ1n) is 4.50. The number of hydrogen-bond acceptors (Lipinski definition) is 4. The fourth-order valence-corrected chi connectivity index (χ4v) is 1.26. The molecular formula is C10H14N4. The molecule has 1 rings (SSSR count). The molecule has 0 amide bonds. The van der Waals surface area contributed by atoms with Gasteiger partial charge in [0.25, 0.3) is 0 Å². The third-order valence-corrected chi connectivity index (χ3v) is 1.95. The zero-order valence-corrected chi connectivity index (χ0v) is 8.27. The second-order valence-corrected chi connectivity index (χ2v) is 3.15. The molecule has 1 aromatic rings. The number of aromatic nitrogens is 1. The van der Waals surface area contributed by atoms with E-state index in [0.29, 0.717) is 18.8 Å². The zero-order valence-electron chi connectivity index (χ0n) is 8.27. The third kappa shape index (κ3) is 2.80. The Morgan fingerprint density at radius 2 is 2.43 bits per heavy atom. The van der Waals surface area contributed by atoms with Gasteiger partial charge in [0.2, 0.25) is 0 Å². The van der Waals surface area contributed by atoms with Gasteiger partial charge in [0.15, 0.2) is 0 Å². The summed E-state index contributed by atoms with van der Waals surface area (Å²) in [5.41, 5.74) is 6.88. The van der Waals surface area contributed by atoms with E-state index in [0.717, 1.165) is 12.1 Å². The van der Waals surface area contributed by atoms with E-state index in [-0.39, 0.29) is 0 Å². The van der Waals surface area contributed by atoms with E-state index >= 15 is 0 Å². The van der Waals surface area contributed by atoms with Gasteiger partial charge in [0.05, 0.1) is 0 Å². The largest absolute Gasteiger partial charge is 0.329 e. The topological polar surface area (TPSA) is 65.9 Å². The number of hydrogen-bond donors (Lipinski definition) is 1. The van der Waals surface area contributed by atoms with Crippen molar-refractivity contribution in [2.75, 3.05) is 20.1 Å². The van der Waals surface area contributed by atoms with Crippen LogP contribution >= 0.6 is 0 Å².